The number of amides is 1. The summed E-state index contributed by atoms with van der Waals surface area (Å²) >= 11 is 0. The SMILES string of the molecule is CC(C)CN(CCC#N)C(C)CCC(=O)NN. The first-order valence-electron chi connectivity index (χ1n) is 6.11. The molecule has 0 fully saturated rings. The van der Waals surface area contributed by atoms with E-state index < -0.39 is 0 Å². The summed E-state index contributed by atoms with van der Waals surface area (Å²) in [4.78, 5) is 13.3. The fourth-order valence-corrected chi connectivity index (χ4v) is 1.75. The molecule has 5 heteroatoms. The molecule has 0 aromatic heterocycles. The second-order valence-electron chi connectivity index (χ2n) is 4.75. The molecule has 1 amide bonds. The van der Waals surface area contributed by atoms with E-state index in [-0.39, 0.29) is 5.91 Å². The molecule has 98 valence electrons. The third kappa shape index (κ3) is 7.72. The Morgan fingerprint density at radius 3 is 2.59 bits per heavy atom. The zero-order chi connectivity index (χ0) is 13.3. The molecule has 0 aliphatic carbocycles. The Bertz CT molecular complexity index is 260. The molecule has 1 atom stereocenters. The van der Waals surface area contributed by atoms with Crippen LogP contribution in [-0.2, 0) is 4.79 Å². The molecular weight excluding hydrogens is 216 g/mol. The Morgan fingerprint density at radius 2 is 2.12 bits per heavy atom. The molecule has 0 aliphatic rings. The van der Waals surface area contributed by atoms with Crippen LogP contribution in [0.1, 0.15) is 40.0 Å². The number of nitriles is 1. The van der Waals surface area contributed by atoms with Gasteiger partial charge < -0.3 is 0 Å². The van der Waals surface area contributed by atoms with E-state index in [0.29, 0.717) is 24.8 Å². The van der Waals surface area contributed by atoms with Gasteiger partial charge in [0.2, 0.25) is 5.91 Å². The van der Waals surface area contributed by atoms with Crippen LogP contribution in [-0.4, -0.2) is 29.9 Å². The lowest BCUT2D eigenvalue weighted by atomic mass is 10.1. The summed E-state index contributed by atoms with van der Waals surface area (Å²) in [5.74, 6) is 5.46. The quantitative estimate of drug-likeness (QED) is 0.377. The Hall–Kier alpha value is -1.12. The van der Waals surface area contributed by atoms with Crippen molar-refractivity contribution < 1.29 is 4.79 Å². The van der Waals surface area contributed by atoms with Crippen molar-refractivity contribution in [1.29, 1.82) is 5.26 Å². The van der Waals surface area contributed by atoms with Gasteiger partial charge >= 0.3 is 0 Å². The molecule has 3 N–H and O–H groups in total. The van der Waals surface area contributed by atoms with Crippen LogP contribution in [0.4, 0.5) is 0 Å². The van der Waals surface area contributed by atoms with Gasteiger partial charge in [-0.3, -0.25) is 15.1 Å². The number of carbonyl (C=O) groups excluding carboxylic acids is 1. The normalized spacial score (nSPS) is 12.5. The number of rotatable bonds is 8. The Labute approximate surface area is 104 Å². The number of nitrogens with two attached hydrogens (primary N) is 1. The van der Waals surface area contributed by atoms with Crippen LogP contribution < -0.4 is 11.3 Å². The fourth-order valence-electron chi connectivity index (χ4n) is 1.75. The maximum Gasteiger partial charge on any atom is 0.233 e. The van der Waals surface area contributed by atoms with Crippen molar-refractivity contribution in [1.82, 2.24) is 10.3 Å². The van der Waals surface area contributed by atoms with E-state index in [4.69, 9.17) is 11.1 Å². The monoisotopic (exact) mass is 240 g/mol. The largest absolute Gasteiger partial charge is 0.299 e. The summed E-state index contributed by atoms with van der Waals surface area (Å²) in [6.07, 6.45) is 1.72. The molecule has 0 aliphatic heterocycles. The van der Waals surface area contributed by atoms with Crippen molar-refractivity contribution in [3.05, 3.63) is 0 Å². The third-order valence-corrected chi connectivity index (χ3v) is 2.68. The van der Waals surface area contributed by atoms with E-state index in [1.54, 1.807) is 0 Å². The molecule has 17 heavy (non-hydrogen) atoms. The second-order valence-corrected chi connectivity index (χ2v) is 4.75. The molecule has 0 spiro atoms. The van der Waals surface area contributed by atoms with Crippen molar-refractivity contribution in [3.63, 3.8) is 0 Å². The maximum absolute atomic E-state index is 11.1. The summed E-state index contributed by atoms with van der Waals surface area (Å²) < 4.78 is 0. The van der Waals surface area contributed by atoms with Crippen LogP contribution in [0.2, 0.25) is 0 Å². The predicted molar refractivity (Wildman–Crippen MR) is 67.7 cm³/mol. The highest BCUT2D eigenvalue weighted by Gasteiger charge is 2.15. The minimum atomic E-state index is -0.137. The highest BCUT2D eigenvalue weighted by molar-refractivity contribution is 5.75. The minimum Gasteiger partial charge on any atom is -0.299 e. The van der Waals surface area contributed by atoms with Gasteiger partial charge in [0, 0.05) is 32.0 Å². The standard InChI is InChI=1S/C12H24N4O/c1-10(2)9-16(8-4-7-13)11(3)5-6-12(17)15-14/h10-11H,4-6,8-9,14H2,1-3H3,(H,15,17). The van der Waals surface area contributed by atoms with Gasteiger partial charge in [-0.1, -0.05) is 13.8 Å². The van der Waals surface area contributed by atoms with Gasteiger partial charge in [-0.05, 0) is 19.3 Å². The summed E-state index contributed by atoms with van der Waals surface area (Å²) in [6, 6.07) is 2.46. The van der Waals surface area contributed by atoms with Crippen molar-refractivity contribution >= 4 is 5.91 Å². The molecule has 0 heterocycles. The van der Waals surface area contributed by atoms with Crippen LogP contribution in [0.3, 0.4) is 0 Å². The molecule has 0 radical (unpaired) electrons. The van der Waals surface area contributed by atoms with Crippen LogP contribution >= 0.6 is 0 Å². The topological polar surface area (TPSA) is 82.2 Å². The van der Waals surface area contributed by atoms with E-state index in [9.17, 15) is 4.79 Å². The number of carbonyl (C=O) groups is 1. The number of nitrogens with one attached hydrogen (secondary N) is 1. The van der Waals surface area contributed by atoms with Crippen molar-refractivity contribution in [2.45, 2.75) is 46.1 Å². The van der Waals surface area contributed by atoms with Crippen molar-refractivity contribution in [3.8, 4) is 6.07 Å². The Morgan fingerprint density at radius 1 is 1.47 bits per heavy atom. The fraction of sp³-hybridized carbons (Fsp3) is 0.833. The lowest BCUT2D eigenvalue weighted by Crippen LogP contribution is -2.38. The van der Waals surface area contributed by atoms with Gasteiger partial charge in [0.1, 0.15) is 0 Å². The Kier molecular flexibility index (Phi) is 8.38. The molecule has 5 nitrogen and oxygen atoms in total. The van der Waals surface area contributed by atoms with Crippen molar-refractivity contribution in [2.24, 2.45) is 11.8 Å². The van der Waals surface area contributed by atoms with Gasteiger partial charge in [0.25, 0.3) is 0 Å². The van der Waals surface area contributed by atoms with E-state index in [0.717, 1.165) is 19.5 Å². The number of hydrazine groups is 1. The average molecular weight is 240 g/mol. The molecule has 0 aromatic rings. The van der Waals surface area contributed by atoms with Crippen LogP contribution in [0.15, 0.2) is 0 Å². The first kappa shape index (κ1) is 15.9. The molecule has 0 saturated carbocycles. The molecule has 1 unspecified atom stereocenters. The van der Waals surface area contributed by atoms with Crippen molar-refractivity contribution in [2.75, 3.05) is 13.1 Å². The minimum absolute atomic E-state index is 0.137. The summed E-state index contributed by atoms with van der Waals surface area (Å²) in [7, 11) is 0. The average Bonchev–Trinajstić information content (AvgIpc) is 2.30. The zero-order valence-electron chi connectivity index (χ0n) is 11.1. The van der Waals surface area contributed by atoms with Crippen LogP contribution in [0.25, 0.3) is 0 Å². The summed E-state index contributed by atoms with van der Waals surface area (Å²) in [5, 5.41) is 8.63. The van der Waals surface area contributed by atoms with Crippen LogP contribution in [0, 0.1) is 17.2 Å². The van der Waals surface area contributed by atoms with E-state index in [2.05, 4.69) is 37.2 Å². The van der Waals surface area contributed by atoms with Crippen LogP contribution in [0.5, 0.6) is 0 Å². The van der Waals surface area contributed by atoms with Gasteiger partial charge in [-0.15, -0.1) is 0 Å². The molecule has 0 aromatic carbocycles. The van der Waals surface area contributed by atoms with Gasteiger partial charge in [-0.2, -0.15) is 5.26 Å². The number of nitrogens with zero attached hydrogens (tertiary/aromatic N) is 2. The second kappa shape index (κ2) is 8.97. The molecule has 0 rings (SSSR count). The first-order valence-corrected chi connectivity index (χ1v) is 6.11. The third-order valence-electron chi connectivity index (χ3n) is 2.68. The zero-order valence-corrected chi connectivity index (χ0v) is 11.1. The molecule has 0 saturated heterocycles. The highest BCUT2D eigenvalue weighted by atomic mass is 16.2. The summed E-state index contributed by atoms with van der Waals surface area (Å²) in [6.45, 7) is 8.11. The molecular formula is C12H24N4O. The first-order chi connectivity index (χ1) is 8.01. The van der Waals surface area contributed by atoms with E-state index in [1.807, 2.05) is 0 Å². The predicted octanol–water partition coefficient (Wildman–Crippen LogP) is 1.02. The van der Waals surface area contributed by atoms with Gasteiger partial charge in [-0.25, -0.2) is 5.84 Å². The van der Waals surface area contributed by atoms with E-state index in [1.165, 1.54) is 0 Å². The lowest BCUT2D eigenvalue weighted by Gasteiger charge is -2.29. The molecule has 0 bridgehead atoms. The number of hydrogen-bond donors (Lipinski definition) is 2. The smallest absolute Gasteiger partial charge is 0.233 e. The van der Waals surface area contributed by atoms with Gasteiger partial charge in [0.05, 0.1) is 6.07 Å². The summed E-state index contributed by atoms with van der Waals surface area (Å²) in [5.41, 5.74) is 2.13. The number of hydrogen-bond acceptors (Lipinski definition) is 4. The highest BCUT2D eigenvalue weighted by Crippen LogP contribution is 2.10. The van der Waals surface area contributed by atoms with E-state index >= 15 is 0 Å². The maximum atomic E-state index is 11.1. The lowest BCUT2D eigenvalue weighted by molar-refractivity contribution is -0.121. The Balaban J connectivity index is 4.16. The van der Waals surface area contributed by atoms with Gasteiger partial charge in [0.15, 0.2) is 0 Å².